The van der Waals surface area contributed by atoms with E-state index in [1.165, 1.54) is 65.6 Å². The Morgan fingerprint density at radius 1 is 0.794 bits per heavy atom. The van der Waals surface area contributed by atoms with Gasteiger partial charge in [0.15, 0.2) is 5.78 Å². The Kier molecular flexibility index (Phi) is 11.7. The van der Waals surface area contributed by atoms with E-state index in [0.29, 0.717) is 11.1 Å². The standard InChI is InChI=1S/C20H18N3O8P.2Na/c24-20-16(9-14-1-5-18(6-2-14)22(25)26)11-21(13-32(29,30)31)12-17(20)10-15-3-7-19(8-4-15)23(27)28;;/h1-10H,11-13H2,(H2,29,30,31);;/q;2*+1/p-2/b16-9+,17-10+;;. The molecule has 1 aliphatic heterocycles. The number of carbonyl (C=O) groups is 1. The number of ketones is 1. The topological polar surface area (TPSA) is 170 Å². The molecule has 0 N–H and O–H groups in total. The van der Waals surface area contributed by atoms with Gasteiger partial charge in [-0.05, 0) is 47.5 Å². The molecule has 0 saturated carbocycles. The van der Waals surface area contributed by atoms with Gasteiger partial charge in [-0.1, -0.05) is 7.60 Å². The number of non-ortho nitro benzene ring substituents is 2. The summed E-state index contributed by atoms with van der Waals surface area (Å²) in [6, 6.07) is 10.9. The van der Waals surface area contributed by atoms with Gasteiger partial charge in [-0.15, -0.1) is 0 Å². The number of piperidine rings is 1. The summed E-state index contributed by atoms with van der Waals surface area (Å²) >= 11 is 0. The van der Waals surface area contributed by atoms with Gasteiger partial charge >= 0.3 is 59.1 Å². The van der Waals surface area contributed by atoms with Crippen LogP contribution in [0.15, 0.2) is 59.7 Å². The molecule has 166 valence electrons. The van der Waals surface area contributed by atoms with Crippen LogP contribution in [0.3, 0.4) is 0 Å². The molecule has 0 bridgehead atoms. The van der Waals surface area contributed by atoms with E-state index in [1.54, 1.807) is 0 Å². The molecular formula is C20H16N3Na2O8P. The molecule has 1 saturated heterocycles. The number of hydrogen-bond donors (Lipinski definition) is 0. The molecule has 0 amide bonds. The Bertz CT molecular complexity index is 1100. The van der Waals surface area contributed by atoms with Gasteiger partial charge in [0, 0.05) is 54.8 Å². The van der Waals surface area contributed by atoms with Gasteiger partial charge in [0.25, 0.3) is 11.4 Å². The van der Waals surface area contributed by atoms with E-state index in [4.69, 9.17) is 0 Å². The van der Waals surface area contributed by atoms with E-state index in [1.807, 2.05) is 0 Å². The summed E-state index contributed by atoms with van der Waals surface area (Å²) in [4.78, 5) is 57.4. The van der Waals surface area contributed by atoms with Crippen molar-refractivity contribution >= 4 is 36.9 Å². The molecular weight excluding hydrogens is 487 g/mol. The van der Waals surface area contributed by atoms with Gasteiger partial charge < -0.3 is 14.4 Å². The number of nitro benzene ring substituents is 2. The van der Waals surface area contributed by atoms with Crippen LogP contribution in [0.5, 0.6) is 0 Å². The number of nitro groups is 2. The maximum Gasteiger partial charge on any atom is 1.00 e. The SMILES string of the molecule is O=C1/C(=C/c2ccc([N+](=O)[O-])cc2)CN(CP(=O)([O-])[O-])C/C1=C\c1ccc([N+](=O)[O-])cc1.[Na+].[Na+]. The van der Waals surface area contributed by atoms with Crippen LogP contribution in [-0.2, 0) is 9.36 Å². The average Bonchev–Trinajstić information content (AvgIpc) is 2.71. The smallest absolute Gasteiger partial charge is 0.810 e. The van der Waals surface area contributed by atoms with E-state index in [2.05, 4.69) is 0 Å². The molecule has 3 rings (SSSR count). The summed E-state index contributed by atoms with van der Waals surface area (Å²) in [6.45, 7) is -0.191. The third kappa shape index (κ3) is 8.62. The molecule has 2 aromatic rings. The zero-order valence-corrected chi connectivity index (χ0v) is 23.3. The molecule has 1 aliphatic rings. The molecule has 34 heavy (non-hydrogen) atoms. The van der Waals surface area contributed by atoms with Crippen LogP contribution < -0.4 is 68.9 Å². The second kappa shape index (κ2) is 13.0. The zero-order valence-electron chi connectivity index (χ0n) is 18.4. The summed E-state index contributed by atoms with van der Waals surface area (Å²) in [5, 5.41) is 21.6. The van der Waals surface area contributed by atoms with Crippen LogP contribution in [0, 0.1) is 20.2 Å². The van der Waals surface area contributed by atoms with Gasteiger partial charge in [-0.25, -0.2) is 0 Å². The molecule has 0 spiro atoms. The molecule has 0 unspecified atom stereocenters. The first-order valence-corrected chi connectivity index (χ1v) is 10.9. The first kappa shape index (κ1) is 30.5. The van der Waals surface area contributed by atoms with Crippen LogP contribution in [0.25, 0.3) is 12.2 Å². The first-order chi connectivity index (χ1) is 15.0. The van der Waals surface area contributed by atoms with E-state index in [9.17, 15) is 39.4 Å². The van der Waals surface area contributed by atoms with Crippen molar-refractivity contribution in [2.45, 2.75) is 0 Å². The second-order valence-corrected chi connectivity index (χ2v) is 8.61. The monoisotopic (exact) mass is 503 g/mol. The van der Waals surface area contributed by atoms with E-state index in [0.717, 1.165) is 0 Å². The van der Waals surface area contributed by atoms with Crippen molar-refractivity contribution in [3.8, 4) is 0 Å². The Hall–Kier alpha value is -1.50. The molecule has 1 fully saturated rings. The van der Waals surface area contributed by atoms with E-state index < -0.39 is 23.7 Å². The van der Waals surface area contributed by atoms with Crippen LogP contribution >= 0.6 is 7.60 Å². The van der Waals surface area contributed by atoms with Crippen molar-refractivity contribution in [3.05, 3.63) is 91.0 Å². The fraction of sp³-hybridized carbons (Fsp3) is 0.150. The molecule has 2 aromatic carbocycles. The number of hydrogen-bond acceptors (Lipinski definition) is 9. The van der Waals surface area contributed by atoms with Crippen molar-refractivity contribution in [1.82, 2.24) is 4.90 Å². The zero-order chi connectivity index (χ0) is 23.5. The van der Waals surface area contributed by atoms with Crippen LogP contribution in [0.2, 0.25) is 0 Å². The van der Waals surface area contributed by atoms with Gasteiger partial charge in [0.1, 0.15) is 0 Å². The molecule has 0 aromatic heterocycles. The predicted octanol–water partition coefficient (Wildman–Crippen LogP) is -4.27. The Balaban J connectivity index is 0.00000289. The first-order valence-electron chi connectivity index (χ1n) is 9.20. The molecule has 0 radical (unpaired) electrons. The second-order valence-electron chi connectivity index (χ2n) is 7.10. The van der Waals surface area contributed by atoms with Crippen molar-refractivity contribution in [2.24, 2.45) is 0 Å². The van der Waals surface area contributed by atoms with Crippen molar-refractivity contribution < 1.29 is 88.1 Å². The maximum absolute atomic E-state index is 13.0. The minimum Gasteiger partial charge on any atom is -0.810 e. The van der Waals surface area contributed by atoms with E-state index in [-0.39, 0.29) is 101 Å². The maximum atomic E-state index is 13.0. The molecule has 1 heterocycles. The average molecular weight is 503 g/mol. The molecule has 14 heteroatoms. The quantitative estimate of drug-likeness (QED) is 0.125. The van der Waals surface area contributed by atoms with Crippen molar-refractivity contribution in [1.29, 1.82) is 0 Å². The van der Waals surface area contributed by atoms with Gasteiger partial charge in [0.05, 0.1) is 9.85 Å². The van der Waals surface area contributed by atoms with Crippen LogP contribution in [0.1, 0.15) is 11.1 Å². The summed E-state index contributed by atoms with van der Waals surface area (Å²) in [5.74, 6) is -0.385. The van der Waals surface area contributed by atoms with E-state index >= 15 is 0 Å². The number of carbonyl (C=O) groups excluding carboxylic acids is 1. The predicted molar refractivity (Wildman–Crippen MR) is 111 cm³/mol. The van der Waals surface area contributed by atoms with Crippen molar-refractivity contribution in [2.75, 3.05) is 19.4 Å². The normalized spacial score (nSPS) is 16.6. The summed E-state index contributed by atoms with van der Waals surface area (Å²) < 4.78 is 11.3. The molecule has 0 atom stereocenters. The fourth-order valence-electron chi connectivity index (χ4n) is 3.24. The van der Waals surface area contributed by atoms with Crippen LogP contribution in [-0.4, -0.2) is 39.9 Å². The largest absolute Gasteiger partial charge is 1.00 e. The van der Waals surface area contributed by atoms with Gasteiger partial charge in [-0.3, -0.25) is 29.9 Å². The minimum atomic E-state index is -4.90. The Morgan fingerprint density at radius 2 is 1.15 bits per heavy atom. The number of benzene rings is 2. The van der Waals surface area contributed by atoms with Crippen molar-refractivity contribution in [3.63, 3.8) is 0 Å². The third-order valence-corrected chi connectivity index (χ3v) is 5.38. The number of likely N-dealkylation sites (tertiary alicyclic amines) is 1. The van der Waals surface area contributed by atoms with Gasteiger partial charge in [0.2, 0.25) is 0 Å². The molecule has 11 nitrogen and oxygen atoms in total. The van der Waals surface area contributed by atoms with Gasteiger partial charge in [-0.2, -0.15) is 0 Å². The summed E-state index contributed by atoms with van der Waals surface area (Å²) in [7, 11) is -4.90. The summed E-state index contributed by atoms with van der Waals surface area (Å²) in [6.07, 6.45) is 2.17. The Morgan fingerprint density at radius 3 is 1.44 bits per heavy atom. The molecule has 0 aliphatic carbocycles. The number of rotatable bonds is 6. The number of nitrogens with zero attached hydrogens (tertiary/aromatic N) is 3. The van der Waals surface area contributed by atoms with Crippen LogP contribution in [0.4, 0.5) is 11.4 Å². The number of Topliss-reactive ketones (excluding diaryl/α,β-unsaturated/α-hetero) is 1. The Labute approximate surface area is 238 Å². The summed E-state index contributed by atoms with van der Waals surface area (Å²) in [5.41, 5.74) is 1.13. The fourth-order valence-corrected chi connectivity index (χ4v) is 3.93. The third-order valence-electron chi connectivity index (χ3n) is 4.63. The minimum absolute atomic E-state index is 0.